The first-order chi connectivity index (χ1) is 14.7. The molecule has 8 heteroatoms. The lowest BCUT2D eigenvalue weighted by Crippen LogP contribution is -2.50. The number of aryl methyl sites for hydroxylation is 1. The lowest BCUT2D eigenvalue weighted by molar-refractivity contribution is -0.163. The number of hydrogen-bond acceptors (Lipinski definition) is 2. The predicted octanol–water partition coefficient (Wildman–Crippen LogP) is 5.16. The summed E-state index contributed by atoms with van der Waals surface area (Å²) in [6.07, 6.45) is 3.66. The van der Waals surface area contributed by atoms with Crippen molar-refractivity contribution in [1.29, 1.82) is 0 Å². The van der Waals surface area contributed by atoms with Crippen molar-refractivity contribution in [2.75, 3.05) is 5.32 Å². The summed E-state index contributed by atoms with van der Waals surface area (Å²) in [7, 11) is 0. The number of alkyl halides is 2. The van der Waals surface area contributed by atoms with E-state index in [4.69, 9.17) is 0 Å². The highest BCUT2D eigenvalue weighted by atomic mass is 19.3. The summed E-state index contributed by atoms with van der Waals surface area (Å²) < 4.78 is 57.8. The zero-order chi connectivity index (χ0) is 22.3. The maximum absolute atomic E-state index is 15.1. The van der Waals surface area contributed by atoms with Crippen LogP contribution in [-0.2, 0) is 10.7 Å². The number of nitrogens with one attached hydrogen (secondary N) is 1. The average Bonchev–Trinajstić information content (AvgIpc) is 2.97. The number of piperidine rings is 1. The normalized spacial score (nSPS) is 20.6. The van der Waals surface area contributed by atoms with Crippen molar-refractivity contribution in [2.24, 2.45) is 0 Å². The molecule has 2 aliphatic heterocycles. The van der Waals surface area contributed by atoms with Gasteiger partial charge in [0.15, 0.2) is 0 Å². The molecular weight excluding hydrogens is 412 g/mol. The molecule has 2 aromatic carbocycles. The maximum Gasteiger partial charge on any atom is 0.350 e. The number of halogens is 4. The fourth-order valence-corrected chi connectivity index (χ4v) is 4.56. The Morgan fingerprint density at radius 1 is 1.00 bits per heavy atom. The molecule has 164 valence electrons. The van der Waals surface area contributed by atoms with Crippen LogP contribution in [0.4, 0.5) is 23.2 Å². The summed E-state index contributed by atoms with van der Waals surface area (Å²) in [6, 6.07) is 5.65. The minimum atomic E-state index is -3.96. The summed E-state index contributed by atoms with van der Waals surface area (Å²) in [4.78, 5) is 26.5. The molecule has 0 radical (unpaired) electrons. The smallest absolute Gasteiger partial charge is 0.331 e. The van der Waals surface area contributed by atoms with E-state index in [9.17, 15) is 18.4 Å². The van der Waals surface area contributed by atoms with Crippen LogP contribution < -0.4 is 5.32 Å². The summed E-state index contributed by atoms with van der Waals surface area (Å²) >= 11 is 0. The molecule has 2 saturated heterocycles. The second kappa shape index (κ2) is 7.98. The van der Waals surface area contributed by atoms with Crippen molar-refractivity contribution in [1.82, 2.24) is 4.90 Å². The van der Waals surface area contributed by atoms with Crippen LogP contribution >= 0.6 is 0 Å². The van der Waals surface area contributed by atoms with E-state index >= 15 is 8.78 Å². The Morgan fingerprint density at radius 3 is 2.32 bits per heavy atom. The van der Waals surface area contributed by atoms with Gasteiger partial charge >= 0.3 is 5.92 Å². The number of benzene rings is 2. The number of rotatable bonds is 4. The quantitative estimate of drug-likeness (QED) is 0.676. The van der Waals surface area contributed by atoms with Crippen LogP contribution in [0.2, 0.25) is 0 Å². The predicted molar refractivity (Wildman–Crippen MR) is 107 cm³/mol. The number of anilines is 1. The van der Waals surface area contributed by atoms with Crippen LogP contribution in [0.5, 0.6) is 0 Å². The number of carbonyl (C=O) groups excluding carboxylic acids is 2. The maximum atomic E-state index is 15.1. The van der Waals surface area contributed by atoms with Crippen molar-refractivity contribution in [3.8, 4) is 0 Å². The number of carbonyl (C=O) groups is 2. The molecule has 2 aromatic rings. The van der Waals surface area contributed by atoms with E-state index in [0.717, 1.165) is 24.6 Å². The molecule has 2 atom stereocenters. The third-order valence-corrected chi connectivity index (χ3v) is 6.14. The fourth-order valence-electron chi connectivity index (χ4n) is 4.56. The summed E-state index contributed by atoms with van der Waals surface area (Å²) in [5, 5.41) is 2.44. The van der Waals surface area contributed by atoms with Crippen LogP contribution in [0, 0.1) is 18.6 Å². The van der Waals surface area contributed by atoms with Crippen LogP contribution in [0.3, 0.4) is 0 Å². The van der Waals surface area contributed by atoms with Gasteiger partial charge < -0.3 is 10.2 Å². The number of fused-ring (bicyclic) bond motifs is 2. The second-order valence-electron chi connectivity index (χ2n) is 8.25. The van der Waals surface area contributed by atoms with Crippen molar-refractivity contribution in [3.05, 3.63) is 64.7 Å². The van der Waals surface area contributed by atoms with Crippen LogP contribution in [0.1, 0.15) is 53.6 Å². The largest absolute Gasteiger partial charge is 0.350 e. The molecule has 0 spiro atoms. The van der Waals surface area contributed by atoms with E-state index in [1.54, 1.807) is 0 Å². The highest BCUT2D eigenvalue weighted by Crippen LogP contribution is 2.41. The lowest BCUT2D eigenvalue weighted by atomic mass is 9.98. The highest BCUT2D eigenvalue weighted by Gasteiger charge is 2.51. The van der Waals surface area contributed by atoms with Gasteiger partial charge in [0, 0.05) is 28.9 Å². The third-order valence-electron chi connectivity index (χ3n) is 6.14. The molecule has 1 N–H and O–H groups in total. The lowest BCUT2D eigenvalue weighted by Gasteiger charge is -2.37. The van der Waals surface area contributed by atoms with E-state index in [0.29, 0.717) is 31.7 Å². The number of nitrogens with zero attached hydrogens (tertiary/aromatic N) is 1. The first-order valence-electron chi connectivity index (χ1n) is 10.3. The molecule has 2 aliphatic rings. The van der Waals surface area contributed by atoms with Crippen molar-refractivity contribution in [2.45, 2.75) is 57.0 Å². The van der Waals surface area contributed by atoms with E-state index in [1.807, 2.05) is 0 Å². The fraction of sp³-hybridized carbons (Fsp3) is 0.391. The first kappa shape index (κ1) is 21.3. The van der Waals surface area contributed by atoms with Gasteiger partial charge in [-0.3, -0.25) is 9.59 Å². The van der Waals surface area contributed by atoms with Gasteiger partial charge in [0.25, 0.3) is 11.8 Å². The van der Waals surface area contributed by atoms with Gasteiger partial charge in [-0.2, -0.15) is 8.78 Å². The Morgan fingerprint density at radius 2 is 1.68 bits per heavy atom. The molecule has 1 unspecified atom stereocenters. The topological polar surface area (TPSA) is 49.4 Å². The van der Waals surface area contributed by atoms with Gasteiger partial charge in [-0.15, -0.1) is 0 Å². The Hall–Kier alpha value is -2.90. The van der Waals surface area contributed by atoms with Gasteiger partial charge in [0.05, 0.1) is 0 Å². The van der Waals surface area contributed by atoms with Crippen LogP contribution in [0.25, 0.3) is 0 Å². The van der Waals surface area contributed by atoms with Crippen molar-refractivity contribution in [3.63, 3.8) is 0 Å². The molecule has 4 rings (SSSR count). The zero-order valence-electron chi connectivity index (χ0n) is 16.9. The molecule has 4 nitrogen and oxygen atoms in total. The summed E-state index contributed by atoms with van der Waals surface area (Å²) in [6.45, 7) is 1.51. The van der Waals surface area contributed by atoms with Gasteiger partial charge in [0.2, 0.25) is 0 Å². The van der Waals surface area contributed by atoms with Gasteiger partial charge in [-0.1, -0.05) is 0 Å². The van der Waals surface area contributed by atoms with E-state index in [-0.39, 0.29) is 28.9 Å². The van der Waals surface area contributed by atoms with E-state index in [1.165, 1.54) is 24.0 Å². The van der Waals surface area contributed by atoms with Gasteiger partial charge in [-0.05, 0) is 81.0 Å². The Balaban J connectivity index is 1.59. The SMILES string of the molecule is Cc1cc(NC(=O)c2cc(F)cc(C(F)(F)C(=O)N3C4CCC[C@@H]3CC4)c2)ccc1F. The summed E-state index contributed by atoms with van der Waals surface area (Å²) in [5.41, 5.74) is -0.692. The highest BCUT2D eigenvalue weighted by molar-refractivity contribution is 6.04. The molecular formula is C23H22F4N2O2. The molecule has 0 aliphatic carbocycles. The van der Waals surface area contributed by atoms with Crippen molar-refractivity contribution >= 4 is 17.5 Å². The molecule has 0 aromatic heterocycles. The minimum absolute atomic E-state index is 0.213. The molecule has 2 amide bonds. The minimum Gasteiger partial charge on any atom is -0.331 e. The van der Waals surface area contributed by atoms with Crippen LogP contribution in [0.15, 0.2) is 36.4 Å². The van der Waals surface area contributed by atoms with E-state index in [2.05, 4.69) is 5.32 Å². The van der Waals surface area contributed by atoms with E-state index < -0.39 is 34.9 Å². The standard InChI is InChI=1S/C23H22F4N2O2/c1-13-9-17(5-8-20(13)25)28-21(30)14-10-15(12-16(24)11-14)23(26,27)22(31)29-18-3-2-4-19(29)7-6-18/h5,8-12,18-19H,2-4,6-7H2,1H3,(H,28,30)/t18-,19?/m1/s1. The first-order valence-corrected chi connectivity index (χ1v) is 10.3. The number of hydrogen-bond donors (Lipinski definition) is 1. The van der Waals surface area contributed by atoms with Crippen LogP contribution in [-0.4, -0.2) is 28.8 Å². The summed E-state index contributed by atoms with van der Waals surface area (Å²) in [5.74, 6) is -7.65. The molecule has 0 saturated carbocycles. The zero-order valence-corrected chi connectivity index (χ0v) is 16.9. The molecule has 2 heterocycles. The Kier molecular flexibility index (Phi) is 5.49. The Labute approximate surface area is 177 Å². The van der Waals surface area contributed by atoms with Gasteiger partial charge in [0.1, 0.15) is 11.6 Å². The Bertz CT molecular complexity index is 1020. The molecule has 31 heavy (non-hydrogen) atoms. The molecule has 2 fully saturated rings. The average molecular weight is 434 g/mol. The third kappa shape index (κ3) is 4.03. The van der Waals surface area contributed by atoms with Crippen molar-refractivity contribution < 1.29 is 27.2 Å². The molecule has 2 bridgehead atoms. The van der Waals surface area contributed by atoms with Gasteiger partial charge in [-0.25, -0.2) is 8.78 Å². The monoisotopic (exact) mass is 434 g/mol. The second-order valence-corrected chi connectivity index (χ2v) is 8.25. The number of amides is 2.